The molecule has 0 aliphatic carbocycles. The molecule has 0 aliphatic rings. The zero-order valence-electron chi connectivity index (χ0n) is 13.1. The van der Waals surface area contributed by atoms with E-state index >= 15 is 0 Å². The Morgan fingerprint density at radius 1 is 1.00 bits per heavy atom. The minimum absolute atomic E-state index is 0.222. The predicted octanol–water partition coefficient (Wildman–Crippen LogP) is 3.11. The van der Waals surface area contributed by atoms with E-state index in [2.05, 4.69) is 20.2 Å². The highest BCUT2D eigenvalue weighted by molar-refractivity contribution is 5.83. The van der Waals surface area contributed by atoms with Gasteiger partial charge in [-0.2, -0.15) is 5.10 Å². The van der Waals surface area contributed by atoms with E-state index in [1.807, 2.05) is 18.2 Å². The molecule has 0 atom stereocenters. The van der Waals surface area contributed by atoms with E-state index in [9.17, 15) is 9.18 Å². The molecule has 4 aromatic rings. The summed E-state index contributed by atoms with van der Waals surface area (Å²) in [4.78, 5) is 19.8. The van der Waals surface area contributed by atoms with Crippen molar-refractivity contribution >= 4 is 10.8 Å². The van der Waals surface area contributed by atoms with Crippen LogP contribution >= 0.6 is 0 Å². The van der Waals surface area contributed by atoms with Gasteiger partial charge >= 0.3 is 0 Å². The molecule has 4 rings (SSSR count). The molecule has 0 saturated heterocycles. The molecule has 0 bridgehead atoms. The summed E-state index contributed by atoms with van der Waals surface area (Å²) >= 11 is 0. The van der Waals surface area contributed by atoms with Gasteiger partial charge < -0.3 is 0 Å². The molecule has 2 aromatic heterocycles. The van der Waals surface area contributed by atoms with Gasteiger partial charge in [0, 0.05) is 35.3 Å². The Labute approximate surface area is 142 Å². The molecular weight excluding hydrogens is 319 g/mol. The van der Waals surface area contributed by atoms with Crippen LogP contribution in [0.1, 0.15) is 11.3 Å². The van der Waals surface area contributed by atoms with Crippen molar-refractivity contribution < 1.29 is 4.39 Å². The lowest BCUT2D eigenvalue weighted by Crippen LogP contribution is -2.11. The fourth-order valence-electron chi connectivity index (χ4n) is 2.84. The van der Waals surface area contributed by atoms with E-state index in [-0.39, 0.29) is 11.4 Å². The summed E-state index contributed by atoms with van der Waals surface area (Å²) in [7, 11) is 0. The van der Waals surface area contributed by atoms with Crippen LogP contribution in [0, 0.1) is 5.82 Å². The second-order valence-corrected chi connectivity index (χ2v) is 5.66. The van der Waals surface area contributed by atoms with E-state index in [1.165, 1.54) is 12.4 Å². The Kier molecular flexibility index (Phi) is 3.78. The number of hydrogen-bond donors (Lipinski definition) is 1. The molecule has 0 radical (unpaired) electrons. The Hall–Kier alpha value is -3.41. The molecule has 1 N–H and O–H groups in total. The number of nitrogens with one attached hydrogen (secondary N) is 1. The molecule has 6 heteroatoms. The maximum Gasteiger partial charge on any atom is 0.272 e. The summed E-state index contributed by atoms with van der Waals surface area (Å²) in [5, 5.41) is 8.07. The predicted molar refractivity (Wildman–Crippen MR) is 92.6 cm³/mol. The van der Waals surface area contributed by atoms with Crippen LogP contribution in [-0.4, -0.2) is 20.2 Å². The lowest BCUT2D eigenvalue weighted by molar-refractivity contribution is 0.630. The van der Waals surface area contributed by atoms with Crippen LogP contribution in [0.25, 0.3) is 21.9 Å². The number of nitrogens with zero attached hydrogens (tertiary/aromatic N) is 3. The molecule has 5 nitrogen and oxygen atoms in total. The Balaban J connectivity index is 1.78. The summed E-state index contributed by atoms with van der Waals surface area (Å²) in [6, 6.07) is 12.2. The number of H-pyrrole nitrogens is 1. The van der Waals surface area contributed by atoms with Crippen molar-refractivity contribution in [1.82, 2.24) is 20.2 Å². The number of benzene rings is 2. The van der Waals surface area contributed by atoms with Gasteiger partial charge in [-0.25, -0.2) is 19.5 Å². The van der Waals surface area contributed by atoms with E-state index in [4.69, 9.17) is 0 Å². The standard InChI is InChI=1S/C19H13FN4O/c20-17-6-5-12(7-16(17)13-9-21-11-22-10-13)8-18-14-3-1-2-4-15(14)19(25)24-23-18/h1-7,9-11H,8H2,(H,24,25). The maximum absolute atomic E-state index is 14.2. The molecule has 122 valence electrons. The van der Waals surface area contributed by atoms with Crippen LogP contribution in [-0.2, 0) is 6.42 Å². The van der Waals surface area contributed by atoms with Crippen LogP contribution in [0.3, 0.4) is 0 Å². The number of aromatic nitrogens is 4. The minimum atomic E-state index is -0.335. The first-order valence-corrected chi connectivity index (χ1v) is 7.72. The fraction of sp³-hybridized carbons (Fsp3) is 0.0526. The Bertz CT molecular complexity index is 1110. The van der Waals surface area contributed by atoms with Gasteiger partial charge in [0.25, 0.3) is 5.56 Å². The second kappa shape index (κ2) is 6.24. The van der Waals surface area contributed by atoms with Crippen molar-refractivity contribution in [2.75, 3.05) is 0 Å². The van der Waals surface area contributed by atoms with Crippen LogP contribution in [0.5, 0.6) is 0 Å². The monoisotopic (exact) mass is 332 g/mol. The van der Waals surface area contributed by atoms with E-state index in [0.29, 0.717) is 22.9 Å². The molecular formula is C19H13FN4O. The van der Waals surface area contributed by atoms with Crippen molar-refractivity contribution in [2.45, 2.75) is 6.42 Å². The quantitative estimate of drug-likeness (QED) is 0.626. The summed E-state index contributed by atoms with van der Waals surface area (Å²) < 4.78 is 14.2. The Morgan fingerprint density at radius 2 is 1.76 bits per heavy atom. The SMILES string of the molecule is O=c1[nH]nc(Cc2ccc(F)c(-c3cncnc3)c2)c2ccccc12. The largest absolute Gasteiger partial charge is 0.272 e. The second-order valence-electron chi connectivity index (χ2n) is 5.66. The van der Waals surface area contributed by atoms with Gasteiger partial charge in [-0.3, -0.25) is 4.79 Å². The number of aromatic amines is 1. The van der Waals surface area contributed by atoms with Crippen molar-refractivity contribution in [2.24, 2.45) is 0 Å². The zero-order valence-corrected chi connectivity index (χ0v) is 13.1. The number of halogens is 1. The lowest BCUT2D eigenvalue weighted by atomic mass is 10.0. The summed E-state index contributed by atoms with van der Waals surface area (Å²) in [5.74, 6) is -0.335. The topological polar surface area (TPSA) is 71.5 Å². The van der Waals surface area contributed by atoms with Crippen LogP contribution < -0.4 is 5.56 Å². The minimum Gasteiger partial charge on any atom is -0.267 e. The molecule has 25 heavy (non-hydrogen) atoms. The summed E-state index contributed by atoms with van der Waals surface area (Å²) in [5.41, 5.74) is 2.44. The highest BCUT2D eigenvalue weighted by atomic mass is 19.1. The van der Waals surface area contributed by atoms with Gasteiger partial charge in [0.1, 0.15) is 12.1 Å². The van der Waals surface area contributed by atoms with E-state index < -0.39 is 0 Å². The summed E-state index contributed by atoms with van der Waals surface area (Å²) in [6.07, 6.45) is 5.02. The molecule has 2 aromatic carbocycles. The Morgan fingerprint density at radius 3 is 2.56 bits per heavy atom. The smallest absolute Gasteiger partial charge is 0.267 e. The van der Waals surface area contributed by atoms with Crippen molar-refractivity contribution in [3.05, 3.63) is 88.6 Å². The van der Waals surface area contributed by atoms with Crippen LogP contribution in [0.15, 0.2) is 66.0 Å². The number of fused-ring (bicyclic) bond motifs is 1. The maximum atomic E-state index is 14.2. The third-order valence-electron chi connectivity index (χ3n) is 4.05. The zero-order chi connectivity index (χ0) is 17.2. The van der Waals surface area contributed by atoms with Crippen LogP contribution in [0.2, 0.25) is 0 Å². The van der Waals surface area contributed by atoms with Crippen molar-refractivity contribution in [3.8, 4) is 11.1 Å². The average molecular weight is 332 g/mol. The molecule has 0 spiro atoms. The number of rotatable bonds is 3. The van der Waals surface area contributed by atoms with Gasteiger partial charge in [0.15, 0.2) is 0 Å². The first kappa shape index (κ1) is 15.1. The number of hydrogen-bond acceptors (Lipinski definition) is 4. The lowest BCUT2D eigenvalue weighted by Gasteiger charge is -2.08. The van der Waals surface area contributed by atoms with E-state index in [1.54, 1.807) is 30.6 Å². The highest BCUT2D eigenvalue weighted by Gasteiger charge is 2.10. The first-order chi connectivity index (χ1) is 12.2. The molecule has 0 fully saturated rings. The third-order valence-corrected chi connectivity index (χ3v) is 4.05. The average Bonchev–Trinajstić information content (AvgIpc) is 2.66. The van der Waals surface area contributed by atoms with Crippen molar-refractivity contribution in [1.29, 1.82) is 0 Å². The van der Waals surface area contributed by atoms with Crippen LogP contribution in [0.4, 0.5) is 4.39 Å². The summed E-state index contributed by atoms with van der Waals surface area (Å²) in [6.45, 7) is 0. The highest BCUT2D eigenvalue weighted by Crippen LogP contribution is 2.24. The third kappa shape index (κ3) is 2.89. The molecule has 0 saturated carbocycles. The van der Waals surface area contributed by atoms with Gasteiger partial charge in [-0.1, -0.05) is 24.3 Å². The normalized spacial score (nSPS) is 10.9. The molecule has 0 unspecified atom stereocenters. The first-order valence-electron chi connectivity index (χ1n) is 7.72. The van der Waals surface area contributed by atoms with E-state index in [0.717, 1.165) is 16.6 Å². The van der Waals surface area contributed by atoms with Gasteiger partial charge in [-0.05, 0) is 23.8 Å². The van der Waals surface area contributed by atoms with Crippen molar-refractivity contribution in [3.63, 3.8) is 0 Å². The van der Waals surface area contributed by atoms with Gasteiger partial charge in [0.05, 0.1) is 11.1 Å². The molecule has 2 heterocycles. The van der Waals surface area contributed by atoms with Gasteiger partial charge in [0.2, 0.25) is 0 Å². The molecule has 0 amide bonds. The van der Waals surface area contributed by atoms with Gasteiger partial charge in [-0.15, -0.1) is 0 Å². The fourth-order valence-corrected chi connectivity index (χ4v) is 2.84. The molecule has 0 aliphatic heterocycles.